The molecule has 0 spiro atoms. The largest absolute Gasteiger partial charge is 0.454 e. The number of aromatic amines is 1. The fourth-order valence-electron chi connectivity index (χ4n) is 3.64. The number of aliphatic hydroxyl groups excluding tert-OH is 1. The number of aryl methyl sites for hydroxylation is 1. The molecule has 2 N–H and O–H groups in total. The Hall–Kier alpha value is -2.80. The molecule has 1 saturated heterocycles. The summed E-state index contributed by atoms with van der Waals surface area (Å²) in [6.07, 6.45) is -0.0505. The lowest BCUT2D eigenvalue weighted by Gasteiger charge is -2.36. The van der Waals surface area contributed by atoms with Gasteiger partial charge in [0.1, 0.15) is 0 Å². The average Bonchev–Trinajstić information content (AvgIpc) is 3.07. The van der Waals surface area contributed by atoms with Crippen molar-refractivity contribution < 1.29 is 19.4 Å². The molecule has 3 heterocycles. The first-order chi connectivity index (χ1) is 12.5. The Labute approximate surface area is 150 Å². The van der Waals surface area contributed by atoms with Gasteiger partial charge in [-0.25, -0.2) is 0 Å². The molecule has 1 aromatic carbocycles. The van der Waals surface area contributed by atoms with E-state index in [4.69, 9.17) is 9.47 Å². The molecule has 2 atom stereocenters. The summed E-state index contributed by atoms with van der Waals surface area (Å²) >= 11 is 0. The quantitative estimate of drug-likeness (QED) is 0.849. The standard InChI is InChI=1S/C19H20N2O5/c1-11-6-13(8-18(23)20-11)19(24)21-5-4-14(15(22)9-21)12-2-3-16-17(7-12)26-10-25-16/h2-3,6-8,14-15,22H,4-5,9-10H2,1H3,(H,20,23)/t14-,15+/m0/s1. The van der Waals surface area contributed by atoms with Crippen molar-refractivity contribution in [3.8, 4) is 11.5 Å². The summed E-state index contributed by atoms with van der Waals surface area (Å²) < 4.78 is 10.7. The Morgan fingerprint density at radius 1 is 1.23 bits per heavy atom. The Bertz CT molecular complexity index is 907. The van der Waals surface area contributed by atoms with Gasteiger partial charge in [-0.05, 0) is 37.1 Å². The van der Waals surface area contributed by atoms with Gasteiger partial charge < -0.3 is 24.5 Å². The minimum atomic E-state index is -0.684. The van der Waals surface area contributed by atoms with Gasteiger partial charge in [0.05, 0.1) is 6.10 Å². The third kappa shape index (κ3) is 3.06. The van der Waals surface area contributed by atoms with Gasteiger partial charge in [0.2, 0.25) is 12.4 Å². The van der Waals surface area contributed by atoms with E-state index >= 15 is 0 Å². The van der Waals surface area contributed by atoms with Crippen LogP contribution in [0.1, 0.15) is 34.0 Å². The van der Waals surface area contributed by atoms with Crippen molar-refractivity contribution in [1.82, 2.24) is 9.88 Å². The Balaban J connectivity index is 1.49. The number of rotatable bonds is 2. The van der Waals surface area contributed by atoms with Crippen molar-refractivity contribution in [3.05, 3.63) is 57.5 Å². The van der Waals surface area contributed by atoms with Crippen LogP contribution in [0.4, 0.5) is 0 Å². The molecule has 7 nitrogen and oxygen atoms in total. The van der Waals surface area contributed by atoms with Crippen LogP contribution in [0.3, 0.4) is 0 Å². The van der Waals surface area contributed by atoms with Crippen molar-refractivity contribution in [2.45, 2.75) is 25.4 Å². The van der Waals surface area contributed by atoms with Gasteiger partial charge in [0.15, 0.2) is 11.5 Å². The molecule has 1 fully saturated rings. The molecular weight excluding hydrogens is 336 g/mol. The number of hydrogen-bond acceptors (Lipinski definition) is 5. The van der Waals surface area contributed by atoms with Crippen LogP contribution in [0, 0.1) is 6.92 Å². The number of ether oxygens (including phenoxy) is 2. The zero-order valence-corrected chi connectivity index (χ0v) is 14.4. The molecule has 2 aromatic rings. The minimum Gasteiger partial charge on any atom is -0.454 e. The number of aromatic nitrogens is 1. The number of nitrogens with zero attached hydrogens (tertiary/aromatic N) is 1. The van der Waals surface area contributed by atoms with Crippen LogP contribution in [-0.4, -0.2) is 46.9 Å². The van der Waals surface area contributed by atoms with Gasteiger partial charge >= 0.3 is 0 Å². The van der Waals surface area contributed by atoms with E-state index in [9.17, 15) is 14.7 Å². The number of β-amino-alcohol motifs (C(OH)–C–C–N with tert-alkyl or cyclic N) is 1. The monoisotopic (exact) mass is 356 g/mol. The third-order valence-electron chi connectivity index (χ3n) is 4.92. The number of piperidine rings is 1. The predicted octanol–water partition coefficient (Wildman–Crippen LogP) is 1.40. The van der Waals surface area contributed by atoms with E-state index in [1.807, 2.05) is 18.2 Å². The first-order valence-corrected chi connectivity index (χ1v) is 8.59. The van der Waals surface area contributed by atoms with E-state index in [1.54, 1.807) is 17.9 Å². The van der Waals surface area contributed by atoms with Crippen LogP contribution in [0.5, 0.6) is 11.5 Å². The van der Waals surface area contributed by atoms with E-state index in [0.717, 1.165) is 5.56 Å². The summed E-state index contributed by atoms with van der Waals surface area (Å²) in [7, 11) is 0. The topological polar surface area (TPSA) is 91.9 Å². The number of hydrogen-bond donors (Lipinski definition) is 2. The summed E-state index contributed by atoms with van der Waals surface area (Å²) in [5, 5.41) is 10.6. The lowest BCUT2D eigenvalue weighted by molar-refractivity contribution is 0.0381. The smallest absolute Gasteiger partial charge is 0.254 e. The maximum Gasteiger partial charge on any atom is 0.254 e. The van der Waals surface area contributed by atoms with Gasteiger partial charge in [-0.3, -0.25) is 9.59 Å². The molecule has 136 valence electrons. The van der Waals surface area contributed by atoms with Gasteiger partial charge in [0, 0.05) is 36.3 Å². The molecule has 7 heteroatoms. The predicted molar refractivity (Wildman–Crippen MR) is 93.6 cm³/mol. The molecular formula is C19H20N2O5. The number of pyridine rings is 1. The average molecular weight is 356 g/mol. The number of amides is 1. The molecule has 1 aromatic heterocycles. The second-order valence-corrected chi connectivity index (χ2v) is 6.74. The zero-order chi connectivity index (χ0) is 18.3. The van der Waals surface area contributed by atoms with Crippen LogP contribution in [0.2, 0.25) is 0 Å². The SMILES string of the molecule is Cc1cc(C(=O)N2CC[C@@H](c3ccc4c(c3)OCO4)[C@H](O)C2)cc(=O)[nH]1. The highest BCUT2D eigenvalue weighted by atomic mass is 16.7. The number of carbonyl (C=O) groups is 1. The van der Waals surface area contributed by atoms with E-state index < -0.39 is 6.10 Å². The first-order valence-electron chi connectivity index (χ1n) is 8.59. The number of likely N-dealkylation sites (tertiary alicyclic amines) is 1. The van der Waals surface area contributed by atoms with Crippen molar-refractivity contribution in [2.75, 3.05) is 19.9 Å². The van der Waals surface area contributed by atoms with Gasteiger partial charge in [0.25, 0.3) is 5.91 Å². The Kier molecular flexibility index (Phi) is 4.16. The number of carbonyl (C=O) groups excluding carboxylic acids is 1. The highest BCUT2D eigenvalue weighted by molar-refractivity contribution is 5.94. The van der Waals surface area contributed by atoms with Crippen molar-refractivity contribution in [2.24, 2.45) is 0 Å². The Morgan fingerprint density at radius 3 is 2.81 bits per heavy atom. The van der Waals surface area contributed by atoms with Crippen LogP contribution in [0.25, 0.3) is 0 Å². The van der Waals surface area contributed by atoms with Crippen molar-refractivity contribution in [1.29, 1.82) is 0 Å². The van der Waals surface area contributed by atoms with E-state index in [2.05, 4.69) is 4.98 Å². The number of aliphatic hydroxyl groups is 1. The molecule has 0 saturated carbocycles. The minimum absolute atomic E-state index is 0.0746. The first kappa shape index (κ1) is 16.7. The van der Waals surface area contributed by atoms with Gasteiger partial charge in [-0.15, -0.1) is 0 Å². The molecule has 4 rings (SSSR count). The highest BCUT2D eigenvalue weighted by Crippen LogP contribution is 2.37. The van der Waals surface area contributed by atoms with E-state index in [0.29, 0.717) is 35.7 Å². The molecule has 0 radical (unpaired) electrons. The number of H-pyrrole nitrogens is 1. The molecule has 0 unspecified atom stereocenters. The lowest BCUT2D eigenvalue weighted by Crippen LogP contribution is -2.45. The molecule has 0 aliphatic carbocycles. The summed E-state index contributed by atoms with van der Waals surface area (Å²) in [6.45, 7) is 2.69. The fraction of sp³-hybridized carbons (Fsp3) is 0.368. The van der Waals surface area contributed by atoms with Gasteiger partial charge in [-0.2, -0.15) is 0 Å². The summed E-state index contributed by atoms with van der Waals surface area (Å²) in [6, 6.07) is 8.62. The van der Waals surface area contributed by atoms with Crippen LogP contribution < -0.4 is 15.0 Å². The second-order valence-electron chi connectivity index (χ2n) is 6.74. The lowest BCUT2D eigenvalue weighted by atomic mass is 9.86. The maximum absolute atomic E-state index is 12.7. The van der Waals surface area contributed by atoms with Crippen molar-refractivity contribution >= 4 is 5.91 Å². The van der Waals surface area contributed by atoms with Crippen LogP contribution in [-0.2, 0) is 0 Å². The number of benzene rings is 1. The molecule has 26 heavy (non-hydrogen) atoms. The Morgan fingerprint density at radius 2 is 2.04 bits per heavy atom. The third-order valence-corrected chi connectivity index (χ3v) is 4.92. The molecule has 0 bridgehead atoms. The summed E-state index contributed by atoms with van der Waals surface area (Å²) in [5.41, 5.74) is 1.65. The van der Waals surface area contributed by atoms with Crippen molar-refractivity contribution in [3.63, 3.8) is 0 Å². The fourth-order valence-corrected chi connectivity index (χ4v) is 3.64. The number of nitrogens with one attached hydrogen (secondary N) is 1. The number of fused-ring (bicyclic) bond motifs is 1. The normalized spacial score (nSPS) is 21.7. The second kappa shape index (κ2) is 6.49. The van der Waals surface area contributed by atoms with Crippen LogP contribution in [0.15, 0.2) is 35.1 Å². The van der Waals surface area contributed by atoms with E-state index in [-0.39, 0.29) is 30.7 Å². The maximum atomic E-state index is 12.7. The van der Waals surface area contributed by atoms with E-state index in [1.165, 1.54) is 6.07 Å². The summed E-state index contributed by atoms with van der Waals surface area (Å²) in [4.78, 5) is 28.5. The molecule has 1 amide bonds. The molecule has 2 aliphatic heterocycles. The van der Waals surface area contributed by atoms with Crippen LogP contribution >= 0.6 is 0 Å². The highest BCUT2D eigenvalue weighted by Gasteiger charge is 2.32. The zero-order valence-electron chi connectivity index (χ0n) is 14.4. The summed E-state index contributed by atoms with van der Waals surface area (Å²) in [5.74, 6) is 1.09. The van der Waals surface area contributed by atoms with Gasteiger partial charge in [-0.1, -0.05) is 6.07 Å². The molecule has 2 aliphatic rings.